The molecule has 102 valence electrons. The van der Waals surface area contributed by atoms with Crippen molar-refractivity contribution in [2.75, 3.05) is 0 Å². The van der Waals surface area contributed by atoms with Crippen LogP contribution in [0.4, 0.5) is 0 Å². The van der Waals surface area contributed by atoms with Crippen LogP contribution in [0.5, 0.6) is 0 Å². The zero-order chi connectivity index (χ0) is 14.4. The zero-order valence-electron chi connectivity index (χ0n) is 11.1. The van der Waals surface area contributed by atoms with Crippen LogP contribution in [0.15, 0.2) is 10.9 Å². The van der Waals surface area contributed by atoms with Gasteiger partial charge in [-0.05, 0) is 25.3 Å². The number of carbonyl (C=O) groups excluding carboxylic acids is 1. The fraction of sp³-hybridized carbons (Fsp3) is 0.500. The highest BCUT2D eigenvalue weighted by Gasteiger charge is 2.20. The Kier molecular flexibility index (Phi) is 5.78. The van der Waals surface area contributed by atoms with Gasteiger partial charge in [0.15, 0.2) is 5.78 Å². The van der Waals surface area contributed by atoms with E-state index < -0.39 is 10.9 Å². The van der Waals surface area contributed by atoms with Crippen LogP contribution in [0.2, 0.25) is 0 Å². The second-order valence-electron chi connectivity index (χ2n) is 4.36. The number of H-pyrrole nitrogens is 1. The molecular weight excluding hydrogens is 264 g/mol. The van der Waals surface area contributed by atoms with Crippen molar-refractivity contribution >= 4 is 17.4 Å². The molecule has 1 heterocycles. The number of hydrogen-bond donors (Lipinski definition) is 1. The molecule has 1 aromatic rings. The molecule has 1 rings (SSSR count). The Morgan fingerprint density at radius 2 is 2.21 bits per heavy atom. The fourth-order valence-corrected chi connectivity index (χ4v) is 1.89. The van der Waals surface area contributed by atoms with E-state index in [1.54, 1.807) is 6.07 Å². The van der Waals surface area contributed by atoms with E-state index in [0.717, 1.165) is 12.8 Å². The van der Waals surface area contributed by atoms with Crippen molar-refractivity contribution in [2.24, 2.45) is 0 Å². The summed E-state index contributed by atoms with van der Waals surface area (Å²) in [6.07, 6.45) is 2.93. The third-order valence-electron chi connectivity index (χ3n) is 2.93. The first-order valence-corrected chi connectivity index (χ1v) is 6.83. The van der Waals surface area contributed by atoms with Gasteiger partial charge >= 0.3 is 0 Å². The number of halogens is 1. The van der Waals surface area contributed by atoms with Crippen LogP contribution in [0.1, 0.15) is 54.7 Å². The van der Waals surface area contributed by atoms with E-state index in [0.29, 0.717) is 24.1 Å². The van der Waals surface area contributed by atoms with Crippen LogP contribution in [0, 0.1) is 11.3 Å². The molecule has 1 aromatic heterocycles. The third-order valence-corrected chi connectivity index (χ3v) is 3.44. The Hall–Kier alpha value is -1.60. The first-order valence-electron chi connectivity index (χ1n) is 6.39. The van der Waals surface area contributed by atoms with E-state index in [4.69, 9.17) is 16.9 Å². The Labute approximate surface area is 117 Å². The number of ketones is 1. The number of aromatic nitrogens is 1. The third kappa shape index (κ3) is 3.68. The summed E-state index contributed by atoms with van der Waals surface area (Å²) < 4.78 is 0. The van der Waals surface area contributed by atoms with E-state index >= 15 is 0 Å². The first kappa shape index (κ1) is 15.5. The lowest BCUT2D eigenvalue weighted by Gasteiger charge is -2.11. The largest absolute Gasteiger partial charge is 0.324 e. The first-order chi connectivity index (χ1) is 9.04. The molecular formula is C14H17ClN2O2. The van der Waals surface area contributed by atoms with Crippen LogP contribution in [-0.4, -0.2) is 16.1 Å². The van der Waals surface area contributed by atoms with E-state index in [-0.39, 0.29) is 11.3 Å². The number of unbranched alkanes of at least 4 members (excludes halogenated alkanes) is 1. The molecule has 1 atom stereocenters. The molecule has 1 N–H and O–H groups in total. The van der Waals surface area contributed by atoms with Crippen molar-refractivity contribution in [3.63, 3.8) is 0 Å². The van der Waals surface area contributed by atoms with Gasteiger partial charge in [0.25, 0.3) is 5.56 Å². The van der Waals surface area contributed by atoms with E-state index in [9.17, 15) is 9.59 Å². The number of aryl methyl sites for hydroxylation is 1. The smallest absolute Gasteiger partial charge is 0.266 e. The van der Waals surface area contributed by atoms with Crippen molar-refractivity contribution in [1.82, 2.24) is 4.98 Å². The number of carbonyl (C=O) groups is 1. The van der Waals surface area contributed by atoms with Crippen molar-refractivity contribution in [3.05, 3.63) is 33.2 Å². The molecule has 0 fully saturated rings. The molecule has 0 aliphatic carbocycles. The molecule has 5 heteroatoms. The summed E-state index contributed by atoms with van der Waals surface area (Å²) in [5.41, 5.74) is 0.442. The summed E-state index contributed by atoms with van der Waals surface area (Å²) >= 11 is 5.97. The lowest BCUT2D eigenvalue weighted by molar-refractivity contribution is 0.0984. The zero-order valence-corrected chi connectivity index (χ0v) is 11.9. The molecule has 0 radical (unpaired) electrons. The van der Waals surface area contributed by atoms with Gasteiger partial charge in [-0.25, -0.2) is 0 Å². The standard InChI is InChI=1S/C14H17ClN2O2/c1-3-5-6-12-10(13(18)11(15)4-2)7-9(8-16)14(19)17-12/h7,11H,3-6H2,1-2H3,(H,17,19). The predicted octanol–water partition coefficient (Wildman–Crippen LogP) is 2.79. The number of alkyl halides is 1. The lowest BCUT2D eigenvalue weighted by Crippen LogP contribution is -2.22. The molecule has 1 unspecified atom stereocenters. The molecule has 0 aliphatic heterocycles. The second-order valence-corrected chi connectivity index (χ2v) is 4.89. The van der Waals surface area contributed by atoms with Crippen LogP contribution in [0.3, 0.4) is 0 Å². The van der Waals surface area contributed by atoms with Gasteiger partial charge in [-0.1, -0.05) is 20.3 Å². The van der Waals surface area contributed by atoms with Crippen LogP contribution < -0.4 is 5.56 Å². The number of aromatic amines is 1. The van der Waals surface area contributed by atoms with Gasteiger partial charge in [-0.15, -0.1) is 11.6 Å². The minimum atomic E-state index is -0.627. The Morgan fingerprint density at radius 3 is 2.74 bits per heavy atom. The molecule has 0 saturated heterocycles. The SMILES string of the molecule is CCCCc1[nH]c(=O)c(C#N)cc1C(=O)C(Cl)CC. The summed E-state index contributed by atoms with van der Waals surface area (Å²) in [5.74, 6) is -0.233. The molecule has 0 aromatic carbocycles. The fourth-order valence-electron chi connectivity index (χ4n) is 1.78. The highest BCUT2D eigenvalue weighted by Crippen LogP contribution is 2.16. The summed E-state index contributed by atoms with van der Waals surface area (Å²) in [4.78, 5) is 26.4. The average Bonchev–Trinajstić information content (AvgIpc) is 2.43. The predicted molar refractivity (Wildman–Crippen MR) is 74.7 cm³/mol. The van der Waals surface area contributed by atoms with E-state index in [1.807, 2.05) is 13.8 Å². The van der Waals surface area contributed by atoms with Gasteiger partial charge < -0.3 is 4.98 Å². The lowest BCUT2D eigenvalue weighted by atomic mass is 10.00. The summed E-state index contributed by atoms with van der Waals surface area (Å²) in [5, 5.41) is 8.25. The minimum Gasteiger partial charge on any atom is -0.324 e. The topological polar surface area (TPSA) is 73.7 Å². The molecule has 0 bridgehead atoms. The maximum absolute atomic E-state index is 12.2. The number of rotatable bonds is 6. The van der Waals surface area contributed by atoms with Gasteiger partial charge in [-0.3, -0.25) is 9.59 Å². The molecule has 19 heavy (non-hydrogen) atoms. The Morgan fingerprint density at radius 1 is 1.53 bits per heavy atom. The van der Waals surface area contributed by atoms with Gasteiger partial charge in [-0.2, -0.15) is 5.26 Å². The number of nitrogens with one attached hydrogen (secondary N) is 1. The monoisotopic (exact) mass is 280 g/mol. The van der Waals surface area contributed by atoms with Crippen LogP contribution in [0.25, 0.3) is 0 Å². The maximum Gasteiger partial charge on any atom is 0.266 e. The molecule has 0 amide bonds. The number of nitrogens with zero attached hydrogens (tertiary/aromatic N) is 1. The van der Waals surface area contributed by atoms with Crippen molar-refractivity contribution in [3.8, 4) is 6.07 Å². The Bertz CT molecular complexity index is 558. The van der Waals surface area contributed by atoms with E-state index in [1.165, 1.54) is 6.07 Å². The number of hydrogen-bond acceptors (Lipinski definition) is 3. The Balaban J connectivity index is 3.29. The van der Waals surface area contributed by atoms with Gasteiger partial charge in [0, 0.05) is 11.3 Å². The van der Waals surface area contributed by atoms with Crippen molar-refractivity contribution in [2.45, 2.75) is 44.9 Å². The van der Waals surface area contributed by atoms with Crippen molar-refractivity contribution < 1.29 is 4.79 Å². The van der Waals surface area contributed by atoms with Crippen LogP contribution in [-0.2, 0) is 6.42 Å². The van der Waals surface area contributed by atoms with Gasteiger partial charge in [0.1, 0.15) is 11.6 Å². The normalized spacial score (nSPS) is 11.9. The van der Waals surface area contributed by atoms with E-state index in [2.05, 4.69) is 4.98 Å². The number of pyridine rings is 1. The second kappa shape index (κ2) is 7.10. The number of Topliss-reactive ketones (excluding diaryl/α,β-unsaturated/α-hetero) is 1. The summed E-state index contributed by atoms with van der Waals surface area (Å²) in [6, 6.07) is 3.15. The highest BCUT2D eigenvalue weighted by atomic mass is 35.5. The maximum atomic E-state index is 12.2. The average molecular weight is 281 g/mol. The minimum absolute atomic E-state index is 0.0523. The molecule has 0 spiro atoms. The number of nitriles is 1. The quantitative estimate of drug-likeness (QED) is 0.643. The van der Waals surface area contributed by atoms with Crippen molar-refractivity contribution in [1.29, 1.82) is 5.26 Å². The highest BCUT2D eigenvalue weighted by molar-refractivity contribution is 6.34. The molecule has 0 saturated carbocycles. The summed E-state index contributed by atoms with van der Waals surface area (Å²) in [7, 11) is 0. The van der Waals surface area contributed by atoms with Crippen LogP contribution >= 0.6 is 11.6 Å². The molecule has 4 nitrogen and oxygen atoms in total. The summed E-state index contributed by atoms with van der Waals surface area (Å²) in [6.45, 7) is 3.85. The molecule has 0 aliphatic rings. The van der Waals surface area contributed by atoms with Gasteiger partial charge in [0.2, 0.25) is 0 Å². The van der Waals surface area contributed by atoms with Gasteiger partial charge in [0.05, 0.1) is 5.38 Å².